The van der Waals surface area contributed by atoms with Crippen LogP contribution in [0, 0.1) is 13.8 Å². The molecule has 0 atom stereocenters. The van der Waals surface area contributed by atoms with Crippen LogP contribution in [0.3, 0.4) is 0 Å². The topological polar surface area (TPSA) is 71.3 Å². The van der Waals surface area contributed by atoms with Gasteiger partial charge in [-0.2, -0.15) is 9.40 Å². The molecule has 1 saturated heterocycles. The average molecular weight is 448 g/mol. The normalized spacial score (nSPS) is 15.4. The van der Waals surface area contributed by atoms with Crippen molar-refractivity contribution in [2.75, 3.05) is 31.1 Å². The van der Waals surface area contributed by atoms with Crippen molar-refractivity contribution >= 4 is 26.5 Å². The fourth-order valence-corrected chi connectivity index (χ4v) is 5.88. The van der Waals surface area contributed by atoms with E-state index in [1.54, 1.807) is 22.6 Å². The van der Waals surface area contributed by atoms with Gasteiger partial charge in [-0.1, -0.05) is 36.4 Å². The van der Waals surface area contributed by atoms with Crippen LogP contribution >= 0.6 is 0 Å². The van der Waals surface area contributed by atoms with Crippen LogP contribution in [0.4, 0.5) is 5.69 Å². The average Bonchev–Trinajstić information content (AvgIpc) is 3.13. The van der Waals surface area contributed by atoms with Crippen molar-refractivity contribution in [1.29, 1.82) is 0 Å². The first-order valence-electron chi connectivity index (χ1n) is 10.7. The molecule has 0 radical (unpaired) electrons. The molecular formula is C24H25N5O2S. The molecule has 2 aromatic heterocycles. The Morgan fingerprint density at radius 3 is 2.28 bits per heavy atom. The van der Waals surface area contributed by atoms with E-state index >= 15 is 0 Å². The summed E-state index contributed by atoms with van der Waals surface area (Å²) < 4.78 is 30.0. The largest absolute Gasteiger partial charge is 0.366 e. The smallest absolute Gasteiger partial charge is 0.243 e. The van der Waals surface area contributed by atoms with Crippen LogP contribution < -0.4 is 4.90 Å². The molecule has 164 valence electrons. The fraction of sp³-hybridized carbons (Fsp3) is 0.250. The number of benzene rings is 2. The summed E-state index contributed by atoms with van der Waals surface area (Å²) in [5.41, 5.74) is 2.98. The Kier molecular flexibility index (Phi) is 5.19. The number of hydrogen-bond acceptors (Lipinski definition) is 5. The van der Waals surface area contributed by atoms with Crippen LogP contribution in [0.25, 0.3) is 16.6 Å². The van der Waals surface area contributed by atoms with Crippen molar-refractivity contribution in [2.45, 2.75) is 18.7 Å². The fourth-order valence-electron chi connectivity index (χ4n) is 4.42. The third-order valence-electron chi connectivity index (χ3n) is 6.03. The standard InChI is InChI=1S/C24H25N5O2S/c1-18-24(19(2)29(26-18)23-9-5-6-12-25-23)27-13-15-28(16-14-27)32(30,31)22-11-10-20-7-3-4-8-21(20)17-22/h3-12,17H,13-16H2,1-2H3. The van der Waals surface area contributed by atoms with Crippen LogP contribution in [-0.2, 0) is 10.0 Å². The van der Waals surface area contributed by atoms with Crippen molar-refractivity contribution in [2.24, 2.45) is 0 Å². The van der Waals surface area contributed by atoms with Gasteiger partial charge >= 0.3 is 0 Å². The third kappa shape index (κ3) is 3.55. The zero-order valence-electron chi connectivity index (χ0n) is 18.1. The number of anilines is 1. The number of aromatic nitrogens is 3. The van der Waals surface area contributed by atoms with Gasteiger partial charge < -0.3 is 4.90 Å². The Bertz CT molecular complexity index is 1370. The maximum absolute atomic E-state index is 13.3. The molecule has 5 rings (SSSR count). The number of pyridine rings is 1. The Balaban J connectivity index is 1.36. The van der Waals surface area contributed by atoms with Crippen LogP contribution in [0.2, 0.25) is 0 Å². The molecule has 3 heterocycles. The highest BCUT2D eigenvalue weighted by Crippen LogP contribution is 2.29. The second-order valence-corrected chi connectivity index (χ2v) is 9.96. The maximum atomic E-state index is 13.3. The number of nitrogens with zero attached hydrogens (tertiary/aromatic N) is 5. The highest BCUT2D eigenvalue weighted by molar-refractivity contribution is 7.89. The Morgan fingerprint density at radius 2 is 1.56 bits per heavy atom. The lowest BCUT2D eigenvalue weighted by molar-refractivity contribution is 0.384. The molecule has 0 bridgehead atoms. The predicted octanol–water partition coefficient (Wildman–Crippen LogP) is 3.55. The molecule has 4 aromatic rings. The second kappa shape index (κ2) is 8.03. The summed E-state index contributed by atoms with van der Waals surface area (Å²) in [5.74, 6) is 0.775. The lowest BCUT2D eigenvalue weighted by Crippen LogP contribution is -2.49. The first kappa shape index (κ1) is 20.7. The van der Waals surface area contributed by atoms with E-state index in [1.807, 2.05) is 67.1 Å². The van der Waals surface area contributed by atoms with Gasteiger partial charge in [0, 0.05) is 32.4 Å². The number of aryl methyl sites for hydroxylation is 1. The van der Waals surface area contributed by atoms with Gasteiger partial charge in [-0.15, -0.1) is 0 Å². The first-order valence-corrected chi connectivity index (χ1v) is 12.1. The molecule has 1 aliphatic rings. The molecule has 0 spiro atoms. The van der Waals surface area contributed by atoms with Crippen molar-refractivity contribution in [3.63, 3.8) is 0 Å². The van der Waals surface area contributed by atoms with Crippen molar-refractivity contribution in [1.82, 2.24) is 19.1 Å². The van der Waals surface area contributed by atoms with Gasteiger partial charge in [-0.25, -0.2) is 18.1 Å². The Labute approximate surface area is 188 Å². The van der Waals surface area contributed by atoms with Crippen LogP contribution in [0.5, 0.6) is 0 Å². The molecule has 0 saturated carbocycles. The number of sulfonamides is 1. The van der Waals surface area contributed by atoms with Gasteiger partial charge in [0.25, 0.3) is 0 Å². The summed E-state index contributed by atoms with van der Waals surface area (Å²) in [5, 5.41) is 6.65. The maximum Gasteiger partial charge on any atom is 0.243 e. The molecule has 0 unspecified atom stereocenters. The third-order valence-corrected chi connectivity index (χ3v) is 7.93. The van der Waals surface area contributed by atoms with Crippen molar-refractivity contribution in [3.8, 4) is 5.82 Å². The molecular weight excluding hydrogens is 422 g/mol. The summed E-state index contributed by atoms with van der Waals surface area (Å²) in [4.78, 5) is 6.98. The summed E-state index contributed by atoms with van der Waals surface area (Å²) in [6.07, 6.45) is 1.75. The molecule has 1 fully saturated rings. The molecule has 0 N–H and O–H groups in total. The van der Waals surface area contributed by atoms with Crippen LogP contribution in [0.15, 0.2) is 71.8 Å². The van der Waals surface area contributed by atoms with Gasteiger partial charge in [-0.3, -0.25) is 0 Å². The Morgan fingerprint density at radius 1 is 0.844 bits per heavy atom. The lowest BCUT2D eigenvalue weighted by Gasteiger charge is -2.35. The SMILES string of the molecule is Cc1nn(-c2ccccn2)c(C)c1N1CCN(S(=O)(=O)c2ccc3ccccc3c2)CC1. The van der Waals surface area contributed by atoms with Crippen molar-refractivity contribution < 1.29 is 8.42 Å². The van der Waals surface area contributed by atoms with Gasteiger partial charge in [0.1, 0.15) is 0 Å². The quantitative estimate of drug-likeness (QED) is 0.479. The number of hydrogen-bond donors (Lipinski definition) is 0. The Hall–Kier alpha value is -3.23. The summed E-state index contributed by atoms with van der Waals surface area (Å²) >= 11 is 0. The summed E-state index contributed by atoms with van der Waals surface area (Å²) in [6.45, 7) is 6.11. The molecule has 0 aliphatic carbocycles. The highest BCUT2D eigenvalue weighted by atomic mass is 32.2. The van der Waals surface area contributed by atoms with E-state index in [2.05, 4.69) is 15.0 Å². The molecule has 2 aromatic carbocycles. The highest BCUT2D eigenvalue weighted by Gasteiger charge is 2.30. The second-order valence-electron chi connectivity index (χ2n) is 8.02. The van der Waals surface area contributed by atoms with Gasteiger partial charge in [0.15, 0.2) is 5.82 Å². The molecule has 1 aliphatic heterocycles. The monoisotopic (exact) mass is 447 g/mol. The molecule has 8 heteroatoms. The first-order chi connectivity index (χ1) is 15.4. The zero-order chi connectivity index (χ0) is 22.3. The van der Waals surface area contributed by atoms with E-state index in [0.717, 1.165) is 33.7 Å². The zero-order valence-corrected chi connectivity index (χ0v) is 19.0. The predicted molar refractivity (Wildman–Crippen MR) is 126 cm³/mol. The van der Waals surface area contributed by atoms with Gasteiger partial charge in [-0.05, 0) is 48.9 Å². The van der Waals surface area contributed by atoms with Crippen LogP contribution in [0.1, 0.15) is 11.4 Å². The van der Waals surface area contributed by atoms with Crippen molar-refractivity contribution in [3.05, 3.63) is 78.2 Å². The lowest BCUT2D eigenvalue weighted by atomic mass is 10.1. The van der Waals surface area contributed by atoms with E-state index in [1.165, 1.54) is 0 Å². The van der Waals surface area contributed by atoms with E-state index in [0.29, 0.717) is 31.1 Å². The molecule has 0 amide bonds. The van der Waals surface area contributed by atoms with E-state index in [-0.39, 0.29) is 0 Å². The number of piperazine rings is 1. The van der Waals surface area contributed by atoms with Gasteiger partial charge in [0.2, 0.25) is 10.0 Å². The van der Waals surface area contributed by atoms with Gasteiger partial charge in [0.05, 0.1) is 22.0 Å². The summed E-state index contributed by atoms with van der Waals surface area (Å²) in [7, 11) is -3.54. The minimum Gasteiger partial charge on any atom is -0.366 e. The number of fused-ring (bicyclic) bond motifs is 1. The van der Waals surface area contributed by atoms with Crippen LogP contribution in [-0.4, -0.2) is 53.7 Å². The number of rotatable bonds is 4. The van der Waals surface area contributed by atoms with E-state index in [4.69, 9.17) is 0 Å². The van der Waals surface area contributed by atoms with E-state index in [9.17, 15) is 8.42 Å². The minimum absolute atomic E-state index is 0.347. The molecule has 7 nitrogen and oxygen atoms in total. The van der Waals surface area contributed by atoms with E-state index < -0.39 is 10.0 Å². The minimum atomic E-state index is -3.54. The molecule has 32 heavy (non-hydrogen) atoms. The summed E-state index contributed by atoms with van der Waals surface area (Å²) in [6, 6.07) is 18.9.